The fourth-order valence-electron chi connectivity index (χ4n) is 2.55. The van der Waals surface area contributed by atoms with Crippen LogP contribution >= 0.6 is 0 Å². The van der Waals surface area contributed by atoms with Gasteiger partial charge < -0.3 is 15.3 Å². The van der Waals surface area contributed by atoms with Gasteiger partial charge in [-0.15, -0.1) is 0 Å². The molecule has 0 saturated carbocycles. The zero-order chi connectivity index (χ0) is 14.0. The lowest BCUT2D eigenvalue weighted by Gasteiger charge is -2.34. The third kappa shape index (κ3) is 2.89. The predicted octanol–water partition coefficient (Wildman–Crippen LogP) is 1.88. The highest BCUT2D eigenvalue weighted by Gasteiger charge is 2.28. The highest BCUT2D eigenvalue weighted by molar-refractivity contribution is 5.96. The van der Waals surface area contributed by atoms with Crippen LogP contribution in [0.3, 0.4) is 0 Å². The molecule has 4 heteroatoms. The van der Waals surface area contributed by atoms with Crippen molar-refractivity contribution < 1.29 is 9.90 Å². The Morgan fingerprint density at radius 3 is 2.79 bits per heavy atom. The van der Waals surface area contributed by atoms with Crippen molar-refractivity contribution in [2.75, 3.05) is 25.5 Å². The van der Waals surface area contributed by atoms with Gasteiger partial charge in [-0.2, -0.15) is 0 Å². The van der Waals surface area contributed by atoms with Gasteiger partial charge >= 0.3 is 0 Å². The Kier molecular flexibility index (Phi) is 4.10. The van der Waals surface area contributed by atoms with E-state index in [0.29, 0.717) is 19.5 Å². The van der Waals surface area contributed by atoms with Gasteiger partial charge in [-0.05, 0) is 43.0 Å². The molecular weight excluding hydrogens is 240 g/mol. The van der Waals surface area contributed by atoms with Crippen molar-refractivity contribution in [1.82, 2.24) is 4.90 Å². The molecule has 2 rings (SSSR count). The zero-order valence-corrected chi connectivity index (χ0v) is 11.8. The van der Waals surface area contributed by atoms with E-state index >= 15 is 0 Å². The van der Waals surface area contributed by atoms with Crippen LogP contribution in [0, 0.1) is 12.8 Å². The summed E-state index contributed by atoms with van der Waals surface area (Å²) in [6, 6.07) is 5.77. The fraction of sp³-hybridized carbons (Fsp3) is 0.533. The highest BCUT2D eigenvalue weighted by atomic mass is 16.3. The third-order valence-corrected chi connectivity index (χ3v) is 3.89. The SMILES string of the molecule is CNc1ccc(C(=O)N2CCC(O)C(C)C2)c(C)c1. The Bertz CT molecular complexity index is 473. The zero-order valence-electron chi connectivity index (χ0n) is 11.8. The van der Waals surface area contributed by atoms with Crippen molar-refractivity contribution >= 4 is 11.6 Å². The molecule has 2 unspecified atom stereocenters. The summed E-state index contributed by atoms with van der Waals surface area (Å²) < 4.78 is 0. The molecule has 1 aliphatic heterocycles. The monoisotopic (exact) mass is 262 g/mol. The lowest BCUT2D eigenvalue weighted by Crippen LogP contribution is -2.45. The van der Waals surface area contributed by atoms with E-state index in [0.717, 1.165) is 16.8 Å². The van der Waals surface area contributed by atoms with Gasteiger partial charge in [0.2, 0.25) is 0 Å². The van der Waals surface area contributed by atoms with Crippen molar-refractivity contribution in [3.63, 3.8) is 0 Å². The first kappa shape index (κ1) is 13.9. The topological polar surface area (TPSA) is 52.6 Å². The molecule has 4 nitrogen and oxygen atoms in total. The minimum absolute atomic E-state index is 0.0684. The molecule has 1 amide bonds. The number of rotatable bonds is 2. The second-order valence-corrected chi connectivity index (χ2v) is 5.36. The van der Waals surface area contributed by atoms with Gasteiger partial charge in [-0.25, -0.2) is 0 Å². The smallest absolute Gasteiger partial charge is 0.254 e. The molecule has 19 heavy (non-hydrogen) atoms. The maximum atomic E-state index is 12.5. The maximum absolute atomic E-state index is 12.5. The van der Waals surface area contributed by atoms with Crippen molar-refractivity contribution in [2.45, 2.75) is 26.4 Å². The standard InChI is InChI=1S/C15H22N2O2/c1-10-8-12(16-3)4-5-13(10)15(19)17-7-6-14(18)11(2)9-17/h4-5,8,11,14,16,18H,6-7,9H2,1-3H3. The summed E-state index contributed by atoms with van der Waals surface area (Å²) >= 11 is 0. The average molecular weight is 262 g/mol. The van der Waals surface area contributed by atoms with Gasteiger partial charge in [0.15, 0.2) is 0 Å². The van der Waals surface area contributed by atoms with Crippen LogP contribution in [0.4, 0.5) is 5.69 Å². The number of piperidine rings is 1. The average Bonchev–Trinajstić information content (AvgIpc) is 2.41. The van der Waals surface area contributed by atoms with Gasteiger partial charge in [-0.1, -0.05) is 6.92 Å². The molecule has 1 aliphatic rings. The summed E-state index contributed by atoms with van der Waals surface area (Å²) in [5.74, 6) is 0.216. The second kappa shape index (κ2) is 5.61. The number of nitrogens with zero attached hydrogens (tertiary/aromatic N) is 1. The third-order valence-electron chi connectivity index (χ3n) is 3.89. The van der Waals surface area contributed by atoms with E-state index < -0.39 is 0 Å². The van der Waals surface area contributed by atoms with Gasteiger partial charge in [0.05, 0.1) is 6.10 Å². The Labute approximate surface area is 114 Å². The molecule has 1 aromatic rings. The lowest BCUT2D eigenvalue weighted by molar-refractivity contribution is 0.0297. The van der Waals surface area contributed by atoms with E-state index in [-0.39, 0.29) is 17.9 Å². The summed E-state index contributed by atoms with van der Waals surface area (Å²) in [7, 11) is 1.87. The van der Waals surface area contributed by atoms with E-state index in [4.69, 9.17) is 0 Å². The van der Waals surface area contributed by atoms with E-state index in [9.17, 15) is 9.90 Å². The van der Waals surface area contributed by atoms with E-state index in [2.05, 4.69) is 5.32 Å². The molecule has 1 fully saturated rings. The molecule has 0 spiro atoms. The molecule has 0 bridgehead atoms. The number of carbonyl (C=O) groups excluding carboxylic acids is 1. The molecule has 0 aromatic heterocycles. The molecule has 0 radical (unpaired) electrons. The Morgan fingerprint density at radius 1 is 1.47 bits per heavy atom. The van der Waals surface area contributed by atoms with Crippen LogP contribution in [0.5, 0.6) is 0 Å². The molecule has 2 N–H and O–H groups in total. The van der Waals surface area contributed by atoms with Crippen LogP contribution in [0.25, 0.3) is 0 Å². The first-order valence-electron chi connectivity index (χ1n) is 6.78. The fourth-order valence-corrected chi connectivity index (χ4v) is 2.55. The van der Waals surface area contributed by atoms with Crippen LogP contribution in [-0.2, 0) is 0 Å². The summed E-state index contributed by atoms with van der Waals surface area (Å²) in [5.41, 5.74) is 2.75. The van der Waals surface area contributed by atoms with E-state index in [1.165, 1.54) is 0 Å². The molecular formula is C15H22N2O2. The number of aryl methyl sites for hydroxylation is 1. The number of likely N-dealkylation sites (tertiary alicyclic amines) is 1. The number of amides is 1. The summed E-state index contributed by atoms with van der Waals surface area (Å²) in [5, 5.41) is 12.8. The first-order valence-corrected chi connectivity index (χ1v) is 6.78. The number of carbonyl (C=O) groups is 1. The number of anilines is 1. The Balaban J connectivity index is 2.16. The normalized spacial score (nSPS) is 23.3. The van der Waals surface area contributed by atoms with Crippen molar-refractivity contribution in [3.8, 4) is 0 Å². The van der Waals surface area contributed by atoms with E-state index in [1.807, 2.05) is 44.0 Å². The second-order valence-electron chi connectivity index (χ2n) is 5.36. The number of hydrogen-bond donors (Lipinski definition) is 2. The van der Waals surface area contributed by atoms with Crippen LogP contribution in [0.2, 0.25) is 0 Å². The van der Waals surface area contributed by atoms with Gasteiger partial charge in [-0.3, -0.25) is 4.79 Å². The minimum atomic E-state index is -0.281. The molecule has 0 aliphatic carbocycles. The highest BCUT2D eigenvalue weighted by Crippen LogP contribution is 2.21. The largest absolute Gasteiger partial charge is 0.393 e. The lowest BCUT2D eigenvalue weighted by atomic mass is 9.95. The first-order chi connectivity index (χ1) is 9.02. The predicted molar refractivity (Wildman–Crippen MR) is 76.4 cm³/mol. The van der Waals surface area contributed by atoms with Gasteiger partial charge in [0.25, 0.3) is 5.91 Å². The van der Waals surface area contributed by atoms with Crippen LogP contribution in [-0.4, -0.2) is 42.2 Å². The molecule has 2 atom stereocenters. The Hall–Kier alpha value is -1.55. The number of benzene rings is 1. The summed E-state index contributed by atoms with van der Waals surface area (Å²) in [6.07, 6.45) is 0.386. The number of nitrogens with one attached hydrogen (secondary N) is 1. The van der Waals surface area contributed by atoms with Crippen molar-refractivity contribution in [3.05, 3.63) is 29.3 Å². The van der Waals surface area contributed by atoms with Gasteiger partial charge in [0, 0.05) is 31.4 Å². The Morgan fingerprint density at radius 2 is 2.21 bits per heavy atom. The number of aliphatic hydroxyl groups excluding tert-OH is 1. The van der Waals surface area contributed by atoms with E-state index in [1.54, 1.807) is 0 Å². The van der Waals surface area contributed by atoms with Gasteiger partial charge in [0.1, 0.15) is 0 Å². The number of hydrogen-bond acceptors (Lipinski definition) is 3. The van der Waals surface area contributed by atoms with Crippen molar-refractivity contribution in [2.24, 2.45) is 5.92 Å². The maximum Gasteiger partial charge on any atom is 0.254 e. The van der Waals surface area contributed by atoms with Crippen molar-refractivity contribution in [1.29, 1.82) is 0 Å². The van der Waals surface area contributed by atoms with Crippen LogP contribution in [0.15, 0.2) is 18.2 Å². The quantitative estimate of drug-likeness (QED) is 0.855. The minimum Gasteiger partial charge on any atom is -0.393 e. The molecule has 104 valence electrons. The molecule has 1 heterocycles. The molecule has 1 aromatic carbocycles. The molecule has 1 saturated heterocycles. The summed E-state index contributed by atoms with van der Waals surface area (Å²) in [6.45, 7) is 5.21. The summed E-state index contributed by atoms with van der Waals surface area (Å²) in [4.78, 5) is 14.3. The van der Waals surface area contributed by atoms with Crippen LogP contribution < -0.4 is 5.32 Å². The number of aliphatic hydroxyl groups is 1. The van der Waals surface area contributed by atoms with Crippen LogP contribution in [0.1, 0.15) is 29.3 Å².